The van der Waals surface area contributed by atoms with E-state index < -0.39 is 10.5 Å². The van der Waals surface area contributed by atoms with E-state index in [9.17, 15) is 14.9 Å². The summed E-state index contributed by atoms with van der Waals surface area (Å²) in [5, 5.41) is 13.9. The number of carbonyl (C=O) groups is 1. The van der Waals surface area contributed by atoms with Gasteiger partial charge in [0.15, 0.2) is 0 Å². The summed E-state index contributed by atoms with van der Waals surface area (Å²) >= 11 is 0. The Kier molecular flexibility index (Phi) is 5.21. The van der Waals surface area contributed by atoms with E-state index in [-0.39, 0.29) is 11.6 Å². The molecule has 0 saturated carbocycles. The van der Waals surface area contributed by atoms with Crippen LogP contribution in [0.1, 0.15) is 26.3 Å². The second-order valence-electron chi connectivity index (χ2n) is 5.24. The van der Waals surface area contributed by atoms with E-state index in [1.54, 1.807) is 24.1 Å². The van der Waals surface area contributed by atoms with Crippen molar-refractivity contribution in [1.82, 2.24) is 10.2 Å². The Morgan fingerprint density at radius 2 is 2.10 bits per heavy atom. The van der Waals surface area contributed by atoms with E-state index in [2.05, 4.69) is 5.32 Å². The molecule has 0 aliphatic rings. The molecule has 0 fully saturated rings. The molecule has 110 valence electrons. The summed E-state index contributed by atoms with van der Waals surface area (Å²) in [5.74, 6) is -0.0501. The molecule has 1 amide bonds. The molecule has 0 spiro atoms. The largest absolute Gasteiger partial charge is 0.340 e. The second-order valence-corrected chi connectivity index (χ2v) is 5.24. The van der Waals surface area contributed by atoms with Crippen LogP contribution in [0.25, 0.3) is 0 Å². The Morgan fingerprint density at radius 1 is 1.45 bits per heavy atom. The van der Waals surface area contributed by atoms with Crippen LogP contribution in [0.2, 0.25) is 0 Å². The quantitative estimate of drug-likeness (QED) is 0.638. The Bertz CT molecular complexity index is 500. The Labute approximate surface area is 118 Å². The van der Waals surface area contributed by atoms with Gasteiger partial charge in [-0.25, -0.2) is 0 Å². The van der Waals surface area contributed by atoms with Crippen LogP contribution in [0.3, 0.4) is 0 Å². The number of amides is 1. The Morgan fingerprint density at radius 3 is 2.65 bits per heavy atom. The first-order valence-electron chi connectivity index (χ1n) is 6.52. The number of carbonyl (C=O) groups excluding carboxylic acids is 1. The van der Waals surface area contributed by atoms with Crippen molar-refractivity contribution in [3.8, 4) is 0 Å². The van der Waals surface area contributed by atoms with Gasteiger partial charge in [0.1, 0.15) is 0 Å². The fourth-order valence-electron chi connectivity index (χ4n) is 2.11. The zero-order valence-corrected chi connectivity index (χ0v) is 12.3. The van der Waals surface area contributed by atoms with Crippen molar-refractivity contribution >= 4 is 11.6 Å². The van der Waals surface area contributed by atoms with Crippen LogP contribution in [0.4, 0.5) is 5.69 Å². The maximum atomic E-state index is 12.3. The number of likely N-dealkylation sites (N-methyl/N-ethyl adjacent to an activating group) is 2. The molecule has 0 aliphatic heterocycles. The second kappa shape index (κ2) is 6.47. The lowest BCUT2D eigenvalue weighted by atomic mass is 10.0. The third kappa shape index (κ3) is 4.03. The van der Waals surface area contributed by atoms with Crippen LogP contribution >= 0.6 is 0 Å². The summed E-state index contributed by atoms with van der Waals surface area (Å²) in [6.07, 6.45) is 0. The highest BCUT2D eigenvalue weighted by Gasteiger charge is 2.29. The topological polar surface area (TPSA) is 75.5 Å². The van der Waals surface area contributed by atoms with Crippen LogP contribution in [-0.2, 0) is 11.3 Å². The fourth-order valence-corrected chi connectivity index (χ4v) is 2.11. The lowest BCUT2D eigenvalue weighted by molar-refractivity contribution is -0.384. The number of rotatable bonds is 6. The number of hydrogen-bond donors (Lipinski definition) is 1. The molecule has 0 aromatic heterocycles. The van der Waals surface area contributed by atoms with Crippen molar-refractivity contribution in [3.63, 3.8) is 0 Å². The molecule has 1 N–H and O–H groups in total. The minimum atomic E-state index is -0.649. The lowest BCUT2D eigenvalue weighted by Crippen LogP contribution is -2.52. The monoisotopic (exact) mass is 279 g/mol. The van der Waals surface area contributed by atoms with Crippen LogP contribution in [0.5, 0.6) is 0 Å². The number of nitrogens with zero attached hydrogens (tertiary/aromatic N) is 2. The molecule has 1 rings (SSSR count). The molecule has 0 radical (unpaired) electrons. The molecule has 20 heavy (non-hydrogen) atoms. The Balaban J connectivity index is 2.80. The van der Waals surface area contributed by atoms with Crippen molar-refractivity contribution in [1.29, 1.82) is 0 Å². The predicted octanol–water partition coefficient (Wildman–Crippen LogP) is 1.94. The number of non-ortho nitro benzene ring substituents is 1. The van der Waals surface area contributed by atoms with Crippen LogP contribution in [0.15, 0.2) is 24.3 Å². The highest BCUT2D eigenvalue weighted by atomic mass is 16.6. The average Bonchev–Trinajstić information content (AvgIpc) is 2.38. The van der Waals surface area contributed by atoms with Crippen molar-refractivity contribution in [3.05, 3.63) is 39.9 Å². The zero-order chi connectivity index (χ0) is 15.3. The van der Waals surface area contributed by atoms with E-state index in [4.69, 9.17) is 0 Å². The molecule has 0 bridgehead atoms. The summed E-state index contributed by atoms with van der Waals surface area (Å²) in [5.41, 5.74) is 0.126. The van der Waals surface area contributed by atoms with Gasteiger partial charge in [-0.15, -0.1) is 0 Å². The summed E-state index contributed by atoms with van der Waals surface area (Å²) < 4.78 is 0. The lowest BCUT2D eigenvalue weighted by Gasteiger charge is -2.30. The molecule has 6 heteroatoms. The van der Waals surface area contributed by atoms with Crippen LogP contribution < -0.4 is 5.32 Å². The highest BCUT2D eigenvalue weighted by molar-refractivity contribution is 5.85. The predicted molar refractivity (Wildman–Crippen MR) is 77.3 cm³/mol. The Hall–Kier alpha value is -1.95. The van der Waals surface area contributed by atoms with Gasteiger partial charge < -0.3 is 10.2 Å². The van der Waals surface area contributed by atoms with Crippen molar-refractivity contribution < 1.29 is 9.72 Å². The van der Waals surface area contributed by atoms with Crippen molar-refractivity contribution in [2.75, 3.05) is 13.6 Å². The van der Waals surface area contributed by atoms with Gasteiger partial charge in [0.05, 0.1) is 10.5 Å². The molecule has 1 aromatic carbocycles. The highest BCUT2D eigenvalue weighted by Crippen LogP contribution is 2.16. The molecule has 0 saturated heterocycles. The van der Waals surface area contributed by atoms with Crippen molar-refractivity contribution in [2.45, 2.75) is 32.9 Å². The molecule has 0 heterocycles. The molecule has 1 aromatic rings. The molecule has 0 atom stereocenters. The van der Waals surface area contributed by atoms with Crippen LogP contribution in [-0.4, -0.2) is 34.9 Å². The average molecular weight is 279 g/mol. The zero-order valence-electron chi connectivity index (χ0n) is 12.3. The third-order valence-corrected chi connectivity index (χ3v) is 3.04. The van der Waals surface area contributed by atoms with Crippen LogP contribution in [0, 0.1) is 10.1 Å². The molecule has 6 nitrogen and oxygen atoms in total. The number of nitrogens with one attached hydrogen (secondary N) is 1. The maximum Gasteiger partial charge on any atom is 0.269 e. The van der Waals surface area contributed by atoms with Gasteiger partial charge in [-0.3, -0.25) is 14.9 Å². The maximum absolute atomic E-state index is 12.3. The first-order valence-corrected chi connectivity index (χ1v) is 6.52. The first-order chi connectivity index (χ1) is 9.27. The minimum Gasteiger partial charge on any atom is -0.340 e. The third-order valence-electron chi connectivity index (χ3n) is 3.04. The normalized spacial score (nSPS) is 11.2. The van der Waals surface area contributed by atoms with E-state index in [1.807, 2.05) is 20.8 Å². The van der Waals surface area contributed by atoms with E-state index >= 15 is 0 Å². The molecular weight excluding hydrogens is 258 g/mol. The summed E-state index contributed by atoms with van der Waals surface area (Å²) in [7, 11) is 1.69. The van der Waals surface area contributed by atoms with Gasteiger partial charge in [-0.05, 0) is 26.0 Å². The fraction of sp³-hybridized carbons (Fsp3) is 0.500. The molecule has 0 unspecified atom stereocenters. The van der Waals surface area contributed by atoms with Gasteiger partial charge >= 0.3 is 0 Å². The van der Waals surface area contributed by atoms with Gasteiger partial charge in [-0.1, -0.05) is 19.1 Å². The number of nitro groups is 1. The molecular formula is C14H21N3O3. The van der Waals surface area contributed by atoms with Gasteiger partial charge in [0.25, 0.3) is 5.69 Å². The standard InChI is InChI=1S/C14H21N3O3/c1-5-15-14(2,3)13(18)16(4)10-11-7-6-8-12(9-11)17(19)20/h6-9,15H,5,10H2,1-4H3. The molecule has 0 aliphatic carbocycles. The SMILES string of the molecule is CCNC(C)(C)C(=O)N(C)Cc1cccc([N+](=O)[O-])c1. The number of benzene rings is 1. The minimum absolute atomic E-state index is 0.0364. The smallest absolute Gasteiger partial charge is 0.269 e. The van der Waals surface area contributed by atoms with E-state index in [0.717, 1.165) is 5.56 Å². The summed E-state index contributed by atoms with van der Waals surface area (Å²) in [6, 6.07) is 6.33. The first kappa shape index (κ1) is 16.1. The summed E-state index contributed by atoms with van der Waals surface area (Å²) in [4.78, 5) is 24.2. The van der Waals surface area contributed by atoms with E-state index in [0.29, 0.717) is 13.1 Å². The van der Waals surface area contributed by atoms with E-state index in [1.165, 1.54) is 12.1 Å². The summed E-state index contributed by atoms with van der Waals surface area (Å²) in [6.45, 7) is 6.62. The van der Waals surface area contributed by atoms with Gasteiger partial charge in [0, 0.05) is 25.7 Å². The van der Waals surface area contributed by atoms with Crippen molar-refractivity contribution in [2.24, 2.45) is 0 Å². The number of hydrogen-bond acceptors (Lipinski definition) is 4. The number of nitro benzene ring substituents is 1. The van der Waals surface area contributed by atoms with Gasteiger partial charge in [-0.2, -0.15) is 0 Å². The van der Waals surface area contributed by atoms with Gasteiger partial charge in [0.2, 0.25) is 5.91 Å².